The van der Waals surface area contributed by atoms with E-state index in [1.807, 2.05) is 6.82 Å². The van der Waals surface area contributed by atoms with E-state index >= 15 is 0 Å². The number of hydrogen-bond acceptors (Lipinski definition) is 2. The molecule has 0 amide bonds. The van der Waals surface area contributed by atoms with Crippen LogP contribution in [0.3, 0.4) is 0 Å². The minimum Gasteiger partial charge on any atom is -0.402 e. The molecule has 0 bridgehead atoms. The van der Waals surface area contributed by atoms with Gasteiger partial charge in [-0.25, -0.2) is 0 Å². The molecule has 0 saturated carbocycles. The van der Waals surface area contributed by atoms with Crippen molar-refractivity contribution >= 4 is 15.9 Å². The highest BCUT2D eigenvalue weighted by Crippen LogP contribution is 2.28. The van der Waals surface area contributed by atoms with E-state index in [0.717, 1.165) is 0 Å². The van der Waals surface area contributed by atoms with E-state index in [9.17, 15) is 0 Å². The Bertz CT molecular complexity index is 262. The highest BCUT2D eigenvalue weighted by Gasteiger charge is 2.38. The molecule has 0 N–H and O–H groups in total. The first kappa shape index (κ1) is 9.25. The smallest absolute Gasteiger partial charge is 0.402 e. The second kappa shape index (κ2) is 3.44. The monoisotopic (exact) mass is 193 g/mol. The lowest BCUT2D eigenvalue weighted by atomic mass is 9.97. The fraction of sp³-hybridized carbons (Fsp3) is 0.556. The third kappa shape index (κ3) is 1.66. The molecule has 1 fully saturated rings. The van der Waals surface area contributed by atoms with E-state index in [4.69, 9.17) is 9.31 Å². The molecule has 0 spiro atoms. The molecule has 1 aliphatic heterocycles. The van der Waals surface area contributed by atoms with Crippen molar-refractivity contribution in [1.29, 1.82) is 0 Å². The lowest BCUT2D eigenvalue weighted by Crippen LogP contribution is -2.30. The molecule has 0 aromatic heterocycles. The Hall–Kier alpha value is -0.318. The molecule has 1 aliphatic carbocycles. The summed E-state index contributed by atoms with van der Waals surface area (Å²) in [6, 6.07) is 0. The molecule has 1 heterocycles. The van der Waals surface area contributed by atoms with Crippen molar-refractivity contribution in [3.8, 4) is 0 Å². The van der Waals surface area contributed by atoms with Gasteiger partial charge in [0.2, 0.25) is 0 Å². The summed E-state index contributed by atoms with van der Waals surface area (Å²) in [7, 11) is -0.460. The van der Waals surface area contributed by atoms with Gasteiger partial charge in [-0.3, -0.25) is 0 Å². The molecule has 0 aromatic rings. The Morgan fingerprint density at radius 3 is 2.85 bits per heavy atom. The van der Waals surface area contributed by atoms with Gasteiger partial charge in [-0.1, -0.05) is 36.5 Å². The van der Waals surface area contributed by atoms with Gasteiger partial charge in [0.1, 0.15) is 0 Å². The zero-order valence-electron chi connectivity index (χ0n) is 8.28. The second-order valence-electron chi connectivity index (χ2n) is 3.73. The van der Waals surface area contributed by atoms with Crippen molar-refractivity contribution < 1.29 is 9.31 Å². The Kier molecular flexibility index (Phi) is 2.45. The summed E-state index contributed by atoms with van der Waals surface area (Å²) >= 11 is 0. The summed E-state index contributed by atoms with van der Waals surface area (Å²) in [5.74, 6) is 0. The Morgan fingerprint density at radius 1 is 1.38 bits per heavy atom. The second-order valence-corrected chi connectivity index (χ2v) is 6.31. The molecule has 0 unspecified atom stereocenters. The maximum Gasteiger partial charge on any atom is 0.454 e. The van der Waals surface area contributed by atoms with Crippen LogP contribution in [0.4, 0.5) is 0 Å². The molecule has 2 rings (SSSR count). The van der Waals surface area contributed by atoms with Crippen molar-refractivity contribution in [1.82, 2.24) is 0 Å². The van der Waals surface area contributed by atoms with Gasteiger partial charge in [0, 0.05) is 0 Å². The quantitative estimate of drug-likeness (QED) is 0.590. The first-order valence-electron chi connectivity index (χ1n) is 4.68. The lowest BCUT2D eigenvalue weighted by molar-refractivity contribution is 0.228. The van der Waals surface area contributed by atoms with Crippen molar-refractivity contribution in [3.63, 3.8) is 0 Å². The van der Waals surface area contributed by atoms with Crippen molar-refractivity contribution in [2.45, 2.75) is 32.1 Å². The van der Waals surface area contributed by atoms with Gasteiger partial charge < -0.3 is 9.31 Å². The molecule has 2 aliphatic rings. The van der Waals surface area contributed by atoms with Gasteiger partial charge >= 0.3 is 7.12 Å². The first-order valence-corrected chi connectivity index (χ1v) is 7.18. The highest BCUT2D eigenvalue weighted by molar-refractivity contribution is 6.64. The van der Waals surface area contributed by atoms with Crippen molar-refractivity contribution in [2.75, 3.05) is 0 Å². The Labute approximate surface area is 81.4 Å². The minimum absolute atomic E-state index is 0.0532. The minimum atomic E-state index is -0.406. The Morgan fingerprint density at radius 2 is 2.15 bits per heavy atom. The number of allylic oxidation sites excluding steroid dienone is 2. The highest BCUT2D eigenvalue weighted by atomic mass is 28.3. The molecule has 1 radical (unpaired) electrons. The van der Waals surface area contributed by atoms with Crippen LogP contribution in [0.5, 0.6) is 0 Å². The van der Waals surface area contributed by atoms with Crippen LogP contribution in [0.25, 0.3) is 0 Å². The topological polar surface area (TPSA) is 18.5 Å². The third-order valence-electron chi connectivity index (χ3n) is 2.45. The van der Waals surface area contributed by atoms with Crippen LogP contribution in [0.2, 0.25) is 19.9 Å². The zero-order chi connectivity index (χ0) is 9.42. The van der Waals surface area contributed by atoms with Gasteiger partial charge in [0.05, 0.1) is 21.0 Å². The maximum atomic E-state index is 5.72. The molecule has 0 aromatic carbocycles. The number of hydrogen-bond donors (Lipinski definition) is 0. The maximum absolute atomic E-state index is 5.72. The van der Waals surface area contributed by atoms with Crippen LogP contribution in [-0.4, -0.2) is 28.1 Å². The van der Waals surface area contributed by atoms with Crippen LogP contribution in [-0.2, 0) is 9.31 Å². The molecular formula is C9H14BO2Si. The van der Waals surface area contributed by atoms with Crippen LogP contribution in [0.1, 0.15) is 0 Å². The summed E-state index contributed by atoms with van der Waals surface area (Å²) in [4.78, 5) is 0. The zero-order valence-corrected chi connectivity index (χ0v) is 9.28. The molecule has 69 valence electrons. The predicted molar refractivity (Wildman–Crippen MR) is 56.1 cm³/mol. The Balaban J connectivity index is 2.20. The third-order valence-corrected chi connectivity index (χ3v) is 4.05. The summed E-state index contributed by atoms with van der Waals surface area (Å²) in [5, 5.41) is 1.45. The van der Waals surface area contributed by atoms with E-state index in [1.54, 1.807) is 0 Å². The predicted octanol–water partition coefficient (Wildman–Crippen LogP) is 1.68. The lowest BCUT2D eigenvalue weighted by Gasteiger charge is -2.23. The molecule has 4 heteroatoms. The van der Waals surface area contributed by atoms with E-state index in [2.05, 4.69) is 31.3 Å². The number of fused-ring (bicyclic) bond motifs is 1. The van der Waals surface area contributed by atoms with Crippen molar-refractivity contribution in [3.05, 3.63) is 23.4 Å². The summed E-state index contributed by atoms with van der Waals surface area (Å²) in [5.41, 5.74) is 0. The van der Waals surface area contributed by atoms with Gasteiger partial charge in [0.25, 0.3) is 0 Å². The molecule has 1 saturated heterocycles. The fourth-order valence-electron chi connectivity index (χ4n) is 1.82. The normalized spacial score (nSPS) is 32.3. The first-order chi connectivity index (χ1) is 6.18. The summed E-state index contributed by atoms with van der Waals surface area (Å²) < 4.78 is 11.3. The van der Waals surface area contributed by atoms with E-state index in [1.165, 1.54) is 5.20 Å². The largest absolute Gasteiger partial charge is 0.454 e. The molecule has 2 atom stereocenters. The van der Waals surface area contributed by atoms with Gasteiger partial charge in [0.15, 0.2) is 0 Å². The van der Waals surface area contributed by atoms with E-state index in [-0.39, 0.29) is 19.3 Å². The molecule has 13 heavy (non-hydrogen) atoms. The molecule has 2 nitrogen and oxygen atoms in total. The van der Waals surface area contributed by atoms with E-state index in [0.29, 0.717) is 0 Å². The molecular weight excluding hydrogens is 179 g/mol. The van der Waals surface area contributed by atoms with Gasteiger partial charge in [-0.2, -0.15) is 0 Å². The number of rotatable bonds is 1. The average Bonchev–Trinajstić information content (AvgIpc) is 2.43. The van der Waals surface area contributed by atoms with Crippen LogP contribution in [0.15, 0.2) is 23.4 Å². The average molecular weight is 193 g/mol. The summed E-state index contributed by atoms with van der Waals surface area (Å²) in [6.45, 7) is 6.54. The SMILES string of the molecule is CB1O[C@H]2C=CC=C([Si](C)C)[C@H]2O1. The van der Waals surface area contributed by atoms with Crippen molar-refractivity contribution in [2.24, 2.45) is 0 Å². The van der Waals surface area contributed by atoms with Crippen LogP contribution in [0, 0.1) is 0 Å². The van der Waals surface area contributed by atoms with Gasteiger partial charge in [-0.15, -0.1) is 0 Å². The standard InChI is InChI=1S/C9H14BO2Si/c1-10-11-7-5-4-6-8(13(2)3)9(7)12-10/h4-7,9H,1-3H3/t7-,9-/m0/s1. The van der Waals surface area contributed by atoms with Crippen LogP contribution < -0.4 is 0 Å². The van der Waals surface area contributed by atoms with Gasteiger partial charge in [-0.05, 0) is 6.82 Å². The fourth-order valence-corrected chi connectivity index (χ4v) is 3.05. The summed E-state index contributed by atoms with van der Waals surface area (Å²) in [6.07, 6.45) is 6.73. The van der Waals surface area contributed by atoms with E-state index < -0.39 is 8.80 Å². The van der Waals surface area contributed by atoms with Crippen LogP contribution >= 0.6 is 0 Å².